The third-order valence-electron chi connectivity index (χ3n) is 4.33. The van der Waals surface area contributed by atoms with Crippen LogP contribution in [0.5, 0.6) is 0 Å². The van der Waals surface area contributed by atoms with Gasteiger partial charge in [-0.25, -0.2) is 4.39 Å². The summed E-state index contributed by atoms with van der Waals surface area (Å²) in [5.41, 5.74) is -0.692. The summed E-state index contributed by atoms with van der Waals surface area (Å²) >= 11 is 0. The number of halogens is 1. The average molecular weight is 364 g/mol. The van der Waals surface area contributed by atoms with Crippen molar-refractivity contribution < 1.29 is 23.8 Å². The van der Waals surface area contributed by atoms with Gasteiger partial charge in [0.1, 0.15) is 5.82 Å². The number of benzene rings is 1. The van der Waals surface area contributed by atoms with Gasteiger partial charge < -0.3 is 25.8 Å². The van der Waals surface area contributed by atoms with E-state index < -0.39 is 23.2 Å². The van der Waals surface area contributed by atoms with Gasteiger partial charge in [0.15, 0.2) is 5.76 Å². The Labute approximate surface area is 150 Å². The Morgan fingerprint density at radius 3 is 2.65 bits per heavy atom. The first kappa shape index (κ1) is 18.2. The summed E-state index contributed by atoms with van der Waals surface area (Å²) < 4.78 is 18.3. The number of carbonyl (C=O) groups is 2. The minimum atomic E-state index is -1.42. The number of aliphatic hydroxyl groups excluding tert-OH is 1. The number of amides is 2. The fourth-order valence-corrected chi connectivity index (χ4v) is 2.86. The zero-order valence-corrected chi connectivity index (χ0v) is 14.1. The Kier molecular flexibility index (Phi) is 5.38. The molecule has 1 unspecified atom stereocenters. The lowest BCUT2D eigenvalue weighted by molar-refractivity contribution is -0.137. The normalized spacial score (nSPS) is 23.6. The van der Waals surface area contributed by atoms with Crippen molar-refractivity contribution in [3.8, 4) is 0 Å². The molecule has 1 aromatic rings. The van der Waals surface area contributed by atoms with Crippen molar-refractivity contribution in [2.45, 2.75) is 12.2 Å². The summed E-state index contributed by atoms with van der Waals surface area (Å²) in [5.74, 6) is -2.03. The van der Waals surface area contributed by atoms with E-state index in [1.165, 1.54) is 12.1 Å². The summed E-state index contributed by atoms with van der Waals surface area (Å²) in [7, 11) is 0. The predicted octanol–water partition coefficient (Wildman–Crippen LogP) is -0.411. The molecule has 2 heterocycles. The highest BCUT2D eigenvalue weighted by Crippen LogP contribution is 2.13. The summed E-state index contributed by atoms with van der Waals surface area (Å²) in [6.07, 6.45) is 1.12. The summed E-state index contributed by atoms with van der Waals surface area (Å²) in [5, 5.41) is 17.6. The molecule has 0 saturated carbocycles. The highest BCUT2D eigenvalue weighted by Gasteiger charge is 2.44. The second kappa shape index (κ2) is 7.71. The van der Waals surface area contributed by atoms with Gasteiger partial charge in [0.25, 0.3) is 11.8 Å². The maximum absolute atomic E-state index is 13.0. The van der Waals surface area contributed by atoms with Crippen molar-refractivity contribution in [3.05, 3.63) is 47.6 Å². The molecule has 140 valence electrons. The Morgan fingerprint density at radius 2 is 2.00 bits per heavy atom. The molecule has 1 saturated heterocycles. The van der Waals surface area contributed by atoms with Crippen molar-refractivity contribution in [1.82, 2.24) is 20.9 Å². The first-order valence-corrected chi connectivity index (χ1v) is 8.31. The lowest BCUT2D eigenvalue weighted by Gasteiger charge is -2.40. The summed E-state index contributed by atoms with van der Waals surface area (Å²) in [6.45, 7) is 2.73. The van der Waals surface area contributed by atoms with Crippen LogP contribution < -0.4 is 16.0 Å². The van der Waals surface area contributed by atoms with Crippen molar-refractivity contribution >= 4 is 11.8 Å². The van der Waals surface area contributed by atoms with Gasteiger partial charge >= 0.3 is 0 Å². The molecule has 2 aliphatic rings. The second-order valence-corrected chi connectivity index (χ2v) is 6.23. The maximum atomic E-state index is 13.0. The monoisotopic (exact) mass is 364 g/mol. The molecule has 0 aromatic heterocycles. The number of rotatable bonds is 5. The maximum Gasteiger partial charge on any atom is 0.289 e. The van der Waals surface area contributed by atoms with E-state index in [0.29, 0.717) is 26.3 Å². The van der Waals surface area contributed by atoms with Crippen LogP contribution in [-0.4, -0.2) is 60.3 Å². The molecule has 9 heteroatoms. The topological polar surface area (TPSA) is 103 Å². The highest BCUT2D eigenvalue weighted by molar-refractivity contribution is 5.98. The molecule has 8 nitrogen and oxygen atoms in total. The van der Waals surface area contributed by atoms with Crippen LogP contribution in [0.3, 0.4) is 0 Å². The molecule has 0 spiro atoms. The third-order valence-corrected chi connectivity index (χ3v) is 4.33. The lowest BCUT2D eigenvalue weighted by Crippen LogP contribution is -2.72. The van der Waals surface area contributed by atoms with Crippen LogP contribution >= 0.6 is 0 Å². The minimum absolute atomic E-state index is 0.178. The summed E-state index contributed by atoms with van der Waals surface area (Å²) in [6, 6.07) is 5.77. The Bertz CT molecular complexity index is 703. The molecule has 1 aromatic carbocycles. The third kappa shape index (κ3) is 4.12. The number of morpholine rings is 1. The molecular weight excluding hydrogens is 343 g/mol. The van der Waals surface area contributed by atoms with Crippen LogP contribution in [0.25, 0.3) is 0 Å². The van der Waals surface area contributed by atoms with E-state index in [1.54, 1.807) is 12.1 Å². The molecule has 3 rings (SSSR count). The van der Waals surface area contributed by atoms with E-state index in [4.69, 9.17) is 4.74 Å². The standard InChI is InChI=1S/C17H21FN4O4/c18-13-3-1-12(2-4-13)9-19-16(25)17(11-22-5-7-26-8-6-22)20-10-14(23)15(24)21-17/h1-4,10,20,23H,5-9,11H2,(H,19,25)(H,21,24). The molecule has 2 amide bonds. The number of nitrogens with zero attached hydrogens (tertiary/aromatic N) is 1. The van der Waals surface area contributed by atoms with Crippen LogP contribution in [0, 0.1) is 5.82 Å². The average Bonchev–Trinajstić information content (AvgIpc) is 2.65. The molecule has 1 fully saturated rings. The van der Waals surface area contributed by atoms with Crippen molar-refractivity contribution in [2.24, 2.45) is 0 Å². The van der Waals surface area contributed by atoms with E-state index in [0.717, 1.165) is 11.8 Å². The number of nitrogens with one attached hydrogen (secondary N) is 3. The van der Waals surface area contributed by atoms with E-state index in [2.05, 4.69) is 16.0 Å². The van der Waals surface area contributed by atoms with Crippen LogP contribution in [-0.2, 0) is 20.9 Å². The van der Waals surface area contributed by atoms with Crippen LogP contribution in [0.15, 0.2) is 36.2 Å². The lowest BCUT2D eigenvalue weighted by atomic mass is 10.1. The molecule has 1 atom stereocenters. The van der Waals surface area contributed by atoms with Gasteiger partial charge in [-0.2, -0.15) is 0 Å². The number of aliphatic hydroxyl groups is 1. The van der Waals surface area contributed by atoms with E-state index >= 15 is 0 Å². The van der Waals surface area contributed by atoms with Crippen molar-refractivity contribution in [1.29, 1.82) is 0 Å². The summed E-state index contributed by atoms with van der Waals surface area (Å²) in [4.78, 5) is 26.8. The minimum Gasteiger partial charge on any atom is -0.502 e. The van der Waals surface area contributed by atoms with Gasteiger partial charge in [0, 0.05) is 32.4 Å². The van der Waals surface area contributed by atoms with Crippen molar-refractivity contribution in [3.63, 3.8) is 0 Å². The molecule has 26 heavy (non-hydrogen) atoms. The second-order valence-electron chi connectivity index (χ2n) is 6.23. The molecule has 0 bridgehead atoms. The Balaban J connectivity index is 1.72. The van der Waals surface area contributed by atoms with Gasteiger partial charge in [-0.3, -0.25) is 14.5 Å². The first-order valence-electron chi connectivity index (χ1n) is 8.31. The fourth-order valence-electron chi connectivity index (χ4n) is 2.86. The Hall–Kier alpha value is -2.65. The first-order chi connectivity index (χ1) is 12.5. The zero-order valence-electron chi connectivity index (χ0n) is 14.1. The molecule has 0 aliphatic carbocycles. The van der Waals surface area contributed by atoms with Gasteiger partial charge in [-0.15, -0.1) is 0 Å². The highest BCUT2D eigenvalue weighted by atomic mass is 19.1. The molecule has 0 radical (unpaired) electrons. The van der Waals surface area contributed by atoms with Crippen molar-refractivity contribution in [2.75, 3.05) is 32.8 Å². The van der Waals surface area contributed by atoms with E-state index in [9.17, 15) is 19.1 Å². The van der Waals surface area contributed by atoms with E-state index in [-0.39, 0.29) is 18.9 Å². The van der Waals surface area contributed by atoms with Crippen LogP contribution in [0.2, 0.25) is 0 Å². The van der Waals surface area contributed by atoms with Crippen LogP contribution in [0.4, 0.5) is 4.39 Å². The number of ether oxygens (including phenoxy) is 1. The van der Waals surface area contributed by atoms with Gasteiger partial charge in [0.2, 0.25) is 5.66 Å². The smallest absolute Gasteiger partial charge is 0.289 e. The van der Waals surface area contributed by atoms with E-state index in [1.807, 2.05) is 4.90 Å². The molecular formula is C17H21FN4O4. The Morgan fingerprint density at radius 1 is 1.31 bits per heavy atom. The fraction of sp³-hybridized carbons (Fsp3) is 0.412. The van der Waals surface area contributed by atoms with Gasteiger partial charge in [-0.1, -0.05) is 12.1 Å². The quantitative estimate of drug-likeness (QED) is 0.567. The van der Waals surface area contributed by atoms with Gasteiger partial charge in [0.05, 0.1) is 13.2 Å². The SMILES string of the molecule is O=C1NC(CN2CCOCC2)(C(=O)NCc2ccc(F)cc2)NC=C1O. The molecule has 4 N–H and O–H groups in total. The number of hydrogen-bond acceptors (Lipinski definition) is 6. The number of carbonyl (C=O) groups excluding carboxylic acids is 2. The largest absolute Gasteiger partial charge is 0.502 e. The number of hydrogen-bond donors (Lipinski definition) is 4. The predicted molar refractivity (Wildman–Crippen MR) is 90.2 cm³/mol. The van der Waals surface area contributed by atoms with Gasteiger partial charge in [-0.05, 0) is 17.7 Å². The molecule has 2 aliphatic heterocycles. The zero-order chi connectivity index (χ0) is 18.6. The van der Waals surface area contributed by atoms with Crippen LogP contribution in [0.1, 0.15) is 5.56 Å².